The third kappa shape index (κ3) is 4.82. The summed E-state index contributed by atoms with van der Waals surface area (Å²) in [5, 5.41) is 11.5. The average Bonchev–Trinajstić information content (AvgIpc) is 2.91. The molecule has 0 aliphatic heterocycles. The van der Waals surface area contributed by atoms with Crippen LogP contribution in [0, 0.1) is 6.92 Å². The first-order chi connectivity index (χ1) is 11.0. The molecule has 0 aliphatic rings. The lowest BCUT2D eigenvalue weighted by Crippen LogP contribution is -2.26. The van der Waals surface area contributed by atoms with Gasteiger partial charge in [-0.05, 0) is 32.0 Å². The quantitative estimate of drug-likeness (QED) is 0.786. The molecule has 1 atom stereocenters. The third-order valence-electron chi connectivity index (χ3n) is 2.98. The van der Waals surface area contributed by atoms with Crippen molar-refractivity contribution < 1.29 is 18.8 Å². The molecule has 0 radical (unpaired) electrons. The van der Waals surface area contributed by atoms with E-state index in [2.05, 4.69) is 21.1 Å². The van der Waals surface area contributed by atoms with Crippen LogP contribution in [0.3, 0.4) is 0 Å². The predicted molar refractivity (Wildman–Crippen MR) is 85.4 cm³/mol. The van der Waals surface area contributed by atoms with Crippen molar-refractivity contribution in [2.75, 3.05) is 23.1 Å². The Bertz CT molecular complexity index is 698. The molecule has 8 nitrogen and oxygen atoms in total. The fraction of sp³-hybridized carbons (Fsp3) is 0.267. The number of rotatable bonds is 5. The number of amides is 3. The van der Waals surface area contributed by atoms with Crippen molar-refractivity contribution in [2.24, 2.45) is 0 Å². The van der Waals surface area contributed by atoms with Gasteiger partial charge in [0.15, 0.2) is 5.82 Å². The number of hydrogen-bond acceptors (Lipinski definition) is 5. The first kappa shape index (κ1) is 16.5. The van der Waals surface area contributed by atoms with E-state index in [-0.39, 0.29) is 5.91 Å². The molecule has 0 saturated heterocycles. The van der Waals surface area contributed by atoms with Gasteiger partial charge in [0.1, 0.15) is 11.9 Å². The summed E-state index contributed by atoms with van der Waals surface area (Å²) in [5.41, 5.74) is 1.07. The molecule has 1 unspecified atom stereocenters. The molecule has 2 rings (SSSR count). The van der Waals surface area contributed by atoms with Crippen LogP contribution in [0.1, 0.15) is 12.7 Å². The summed E-state index contributed by atoms with van der Waals surface area (Å²) in [4.78, 5) is 23.6. The van der Waals surface area contributed by atoms with E-state index in [1.165, 1.54) is 7.11 Å². The van der Waals surface area contributed by atoms with Crippen molar-refractivity contribution in [2.45, 2.75) is 20.0 Å². The molecular weight excluding hydrogens is 300 g/mol. The molecule has 0 spiro atoms. The van der Waals surface area contributed by atoms with E-state index in [0.717, 1.165) is 0 Å². The smallest absolute Gasteiger partial charge is 0.324 e. The maximum absolute atomic E-state index is 11.9. The van der Waals surface area contributed by atoms with Crippen LogP contribution in [0.2, 0.25) is 0 Å². The van der Waals surface area contributed by atoms with Gasteiger partial charge in [-0.3, -0.25) is 10.1 Å². The highest BCUT2D eigenvalue weighted by molar-refractivity contribution is 6.00. The summed E-state index contributed by atoms with van der Waals surface area (Å²) in [6.45, 7) is 3.37. The summed E-state index contributed by atoms with van der Waals surface area (Å²) < 4.78 is 9.80. The number of methoxy groups -OCH3 is 1. The maximum atomic E-state index is 11.9. The molecule has 2 aromatic rings. The molecule has 122 valence electrons. The van der Waals surface area contributed by atoms with Crippen LogP contribution in [0.25, 0.3) is 0 Å². The molecule has 23 heavy (non-hydrogen) atoms. The number of carbonyl (C=O) groups excluding carboxylic acids is 2. The molecule has 1 aromatic heterocycles. The lowest BCUT2D eigenvalue weighted by atomic mass is 10.2. The van der Waals surface area contributed by atoms with Crippen molar-refractivity contribution in [3.05, 3.63) is 36.1 Å². The summed E-state index contributed by atoms with van der Waals surface area (Å²) in [6.07, 6.45) is -0.565. The van der Waals surface area contributed by atoms with Crippen molar-refractivity contribution in [3.63, 3.8) is 0 Å². The molecule has 3 amide bonds. The van der Waals surface area contributed by atoms with Gasteiger partial charge in [0.05, 0.1) is 0 Å². The lowest BCUT2D eigenvalue weighted by molar-refractivity contribution is -0.124. The number of benzene rings is 1. The molecule has 0 saturated carbocycles. The number of nitrogens with zero attached hydrogens (tertiary/aromatic N) is 1. The summed E-state index contributed by atoms with van der Waals surface area (Å²) in [6, 6.07) is 7.89. The van der Waals surface area contributed by atoms with Crippen LogP contribution in [0.15, 0.2) is 34.9 Å². The van der Waals surface area contributed by atoms with Gasteiger partial charge in [0.2, 0.25) is 0 Å². The van der Waals surface area contributed by atoms with Crippen molar-refractivity contribution in [3.8, 4) is 0 Å². The zero-order chi connectivity index (χ0) is 16.8. The molecule has 1 aromatic carbocycles. The Morgan fingerprint density at radius 3 is 2.48 bits per heavy atom. The van der Waals surface area contributed by atoms with Crippen LogP contribution in [-0.4, -0.2) is 30.3 Å². The average molecular weight is 318 g/mol. The Balaban J connectivity index is 1.96. The van der Waals surface area contributed by atoms with E-state index < -0.39 is 12.1 Å². The fourth-order valence-electron chi connectivity index (χ4n) is 1.73. The van der Waals surface area contributed by atoms with Gasteiger partial charge in [-0.25, -0.2) is 4.79 Å². The Hall–Kier alpha value is -2.87. The Labute approximate surface area is 133 Å². The molecule has 0 bridgehead atoms. The second-order valence-corrected chi connectivity index (χ2v) is 4.85. The van der Waals surface area contributed by atoms with Crippen LogP contribution >= 0.6 is 0 Å². The largest absolute Gasteiger partial charge is 0.372 e. The molecular formula is C15H18N4O4. The zero-order valence-electron chi connectivity index (χ0n) is 13.0. The fourth-order valence-corrected chi connectivity index (χ4v) is 1.73. The topological polar surface area (TPSA) is 105 Å². The van der Waals surface area contributed by atoms with E-state index >= 15 is 0 Å². The Morgan fingerprint density at radius 1 is 1.17 bits per heavy atom. The number of urea groups is 1. The first-order valence-electron chi connectivity index (χ1n) is 6.93. The Kier molecular flexibility index (Phi) is 5.32. The zero-order valence-corrected chi connectivity index (χ0v) is 13.0. The highest BCUT2D eigenvalue weighted by atomic mass is 16.5. The van der Waals surface area contributed by atoms with Crippen molar-refractivity contribution >= 4 is 29.1 Å². The van der Waals surface area contributed by atoms with E-state index in [1.54, 1.807) is 44.2 Å². The second-order valence-electron chi connectivity index (χ2n) is 4.85. The van der Waals surface area contributed by atoms with Gasteiger partial charge in [-0.2, -0.15) is 0 Å². The monoisotopic (exact) mass is 318 g/mol. The highest BCUT2D eigenvalue weighted by Gasteiger charge is 2.12. The van der Waals surface area contributed by atoms with Gasteiger partial charge >= 0.3 is 6.03 Å². The predicted octanol–water partition coefficient (Wildman–Crippen LogP) is 2.60. The lowest BCUT2D eigenvalue weighted by Gasteiger charge is -2.11. The standard InChI is InChI=1S/C15H18N4O4/c1-9-7-13(19-23-9)18-15(21)17-12-6-4-5-11(8-12)16-14(20)10(2)22-3/h4-8,10H,1-3H3,(H,16,20)(H2,17,18,19,21). The van der Waals surface area contributed by atoms with E-state index in [4.69, 9.17) is 9.26 Å². The van der Waals surface area contributed by atoms with Crippen LogP contribution < -0.4 is 16.0 Å². The molecule has 0 aliphatic carbocycles. The van der Waals surface area contributed by atoms with Gasteiger partial charge < -0.3 is 19.9 Å². The molecule has 8 heteroatoms. The van der Waals surface area contributed by atoms with Crippen molar-refractivity contribution in [1.29, 1.82) is 0 Å². The van der Waals surface area contributed by atoms with E-state index in [0.29, 0.717) is 23.0 Å². The number of carbonyl (C=O) groups is 2. The second kappa shape index (κ2) is 7.41. The maximum Gasteiger partial charge on any atom is 0.324 e. The minimum absolute atomic E-state index is 0.271. The summed E-state index contributed by atoms with van der Waals surface area (Å²) in [7, 11) is 1.46. The number of aryl methyl sites for hydroxylation is 1. The number of anilines is 3. The Morgan fingerprint density at radius 2 is 1.87 bits per heavy atom. The van der Waals surface area contributed by atoms with Crippen molar-refractivity contribution in [1.82, 2.24) is 5.16 Å². The normalized spacial score (nSPS) is 11.6. The number of aromatic nitrogens is 1. The van der Waals surface area contributed by atoms with Crippen LogP contribution in [0.5, 0.6) is 0 Å². The van der Waals surface area contributed by atoms with Crippen LogP contribution in [-0.2, 0) is 9.53 Å². The van der Waals surface area contributed by atoms with Gasteiger partial charge in [0.25, 0.3) is 5.91 Å². The van der Waals surface area contributed by atoms with Crippen LogP contribution in [0.4, 0.5) is 22.0 Å². The number of ether oxygens (including phenoxy) is 1. The number of nitrogens with one attached hydrogen (secondary N) is 3. The SMILES string of the molecule is COC(C)C(=O)Nc1cccc(NC(=O)Nc2cc(C)on2)c1. The first-order valence-corrected chi connectivity index (χ1v) is 6.93. The summed E-state index contributed by atoms with van der Waals surface area (Å²) >= 11 is 0. The molecule has 1 heterocycles. The number of hydrogen-bond donors (Lipinski definition) is 3. The van der Waals surface area contributed by atoms with Gasteiger partial charge in [-0.15, -0.1) is 0 Å². The third-order valence-corrected chi connectivity index (χ3v) is 2.98. The minimum atomic E-state index is -0.565. The van der Waals surface area contributed by atoms with Gasteiger partial charge in [0, 0.05) is 24.6 Å². The van der Waals surface area contributed by atoms with E-state index in [1.807, 2.05) is 0 Å². The van der Waals surface area contributed by atoms with E-state index in [9.17, 15) is 9.59 Å². The minimum Gasteiger partial charge on any atom is -0.372 e. The highest BCUT2D eigenvalue weighted by Crippen LogP contribution is 2.16. The molecule has 3 N–H and O–H groups in total. The molecule has 0 fully saturated rings. The summed E-state index contributed by atoms with van der Waals surface area (Å²) in [5.74, 6) is 0.642. The van der Waals surface area contributed by atoms with Gasteiger partial charge in [-0.1, -0.05) is 11.2 Å².